The zero-order valence-electron chi connectivity index (χ0n) is 23.7. The molecule has 10 heteroatoms. The summed E-state index contributed by atoms with van der Waals surface area (Å²) in [5, 5.41) is 31.7. The highest BCUT2D eigenvalue weighted by molar-refractivity contribution is 6.15. The first-order valence-corrected chi connectivity index (χ1v) is 13.2. The number of amides is 1. The van der Waals surface area contributed by atoms with Gasteiger partial charge in [0, 0.05) is 40.6 Å². The molecule has 0 unspecified atom stereocenters. The molecule has 0 saturated carbocycles. The highest BCUT2D eigenvalue weighted by Gasteiger charge is 2.45. The number of rotatable bonds is 6. The normalized spacial score (nSPS) is 15.8. The molecule has 2 heterocycles. The molecule has 10 nitrogen and oxygen atoms in total. The van der Waals surface area contributed by atoms with Crippen LogP contribution >= 0.6 is 0 Å². The van der Waals surface area contributed by atoms with Gasteiger partial charge in [0.2, 0.25) is 0 Å². The first kappa shape index (κ1) is 27.6. The van der Waals surface area contributed by atoms with Gasteiger partial charge in [-0.2, -0.15) is 5.10 Å². The van der Waals surface area contributed by atoms with Crippen molar-refractivity contribution in [1.82, 2.24) is 9.78 Å². The average molecular weight is 554 g/mol. The van der Waals surface area contributed by atoms with Crippen molar-refractivity contribution in [2.45, 2.75) is 47.5 Å². The number of benzene rings is 3. The lowest BCUT2D eigenvalue weighted by Gasteiger charge is -2.24. The van der Waals surface area contributed by atoms with Gasteiger partial charge in [-0.05, 0) is 94.1 Å². The fourth-order valence-corrected chi connectivity index (χ4v) is 5.38. The topological polar surface area (TPSA) is 134 Å². The van der Waals surface area contributed by atoms with Gasteiger partial charge in [-0.15, -0.1) is 0 Å². The molecule has 1 aliphatic heterocycles. The SMILES string of the molecule is CC1=NN(c2ccc(C)c(C)c2)C(=O)[C@@H]1[C@H](c1cc([N+](=O)[O-])ccc1O)c1c(C)[nH]n(-c2ccc(C)c(C)c2)c1=O. The predicted molar refractivity (Wildman–Crippen MR) is 157 cm³/mol. The van der Waals surface area contributed by atoms with E-state index in [9.17, 15) is 24.8 Å². The van der Waals surface area contributed by atoms with Crippen molar-refractivity contribution in [3.8, 4) is 11.4 Å². The average Bonchev–Trinajstić information content (AvgIpc) is 3.38. The maximum Gasteiger partial charge on any atom is 0.275 e. The van der Waals surface area contributed by atoms with E-state index in [1.165, 1.54) is 27.9 Å². The maximum absolute atomic E-state index is 14.1. The third-order valence-corrected chi connectivity index (χ3v) is 7.98. The predicted octanol–water partition coefficient (Wildman–Crippen LogP) is 5.49. The Morgan fingerprint density at radius 1 is 0.878 bits per heavy atom. The third-order valence-electron chi connectivity index (χ3n) is 7.98. The summed E-state index contributed by atoms with van der Waals surface area (Å²) >= 11 is 0. The fourth-order valence-electron chi connectivity index (χ4n) is 5.38. The molecule has 0 fully saturated rings. The van der Waals surface area contributed by atoms with Crippen LogP contribution in [0.15, 0.2) is 64.5 Å². The number of nitrogens with zero attached hydrogens (tertiary/aromatic N) is 4. The van der Waals surface area contributed by atoms with E-state index in [1.807, 2.05) is 58.0 Å². The van der Waals surface area contributed by atoms with Gasteiger partial charge in [0.25, 0.3) is 17.2 Å². The highest BCUT2D eigenvalue weighted by atomic mass is 16.6. The molecule has 41 heavy (non-hydrogen) atoms. The Hall–Kier alpha value is -4.99. The van der Waals surface area contributed by atoms with E-state index in [2.05, 4.69) is 10.2 Å². The molecule has 0 radical (unpaired) electrons. The minimum atomic E-state index is -1.06. The molecule has 3 aromatic carbocycles. The zero-order valence-corrected chi connectivity index (χ0v) is 23.7. The van der Waals surface area contributed by atoms with Gasteiger partial charge in [0.05, 0.1) is 22.2 Å². The number of carbonyl (C=O) groups excluding carboxylic acids is 1. The van der Waals surface area contributed by atoms with Crippen molar-refractivity contribution < 1.29 is 14.8 Å². The monoisotopic (exact) mass is 553 g/mol. The number of nitro groups is 1. The number of hydrogen-bond acceptors (Lipinski definition) is 6. The summed E-state index contributed by atoms with van der Waals surface area (Å²) < 4.78 is 1.39. The van der Waals surface area contributed by atoms with Crippen LogP contribution in [0.4, 0.5) is 11.4 Å². The van der Waals surface area contributed by atoms with E-state index in [-0.39, 0.29) is 22.6 Å². The van der Waals surface area contributed by atoms with Gasteiger partial charge in [0.1, 0.15) is 5.75 Å². The van der Waals surface area contributed by atoms with Crippen LogP contribution in [0.5, 0.6) is 5.75 Å². The van der Waals surface area contributed by atoms with Crippen LogP contribution in [0, 0.1) is 50.7 Å². The number of carbonyl (C=O) groups is 1. The number of H-pyrrole nitrogens is 1. The Morgan fingerprint density at radius 3 is 2.10 bits per heavy atom. The second-order valence-electron chi connectivity index (χ2n) is 10.7. The van der Waals surface area contributed by atoms with Crippen LogP contribution in [0.3, 0.4) is 0 Å². The van der Waals surface area contributed by atoms with Crippen LogP contribution in [-0.2, 0) is 4.79 Å². The molecule has 1 amide bonds. The number of nitrogens with one attached hydrogen (secondary N) is 1. The summed E-state index contributed by atoms with van der Waals surface area (Å²) in [6.45, 7) is 11.2. The maximum atomic E-state index is 14.1. The van der Waals surface area contributed by atoms with Crippen molar-refractivity contribution >= 4 is 23.0 Å². The number of phenols is 1. The van der Waals surface area contributed by atoms with E-state index in [4.69, 9.17) is 0 Å². The lowest BCUT2D eigenvalue weighted by atomic mass is 9.78. The number of nitro benzene ring substituents is 1. The molecule has 5 rings (SSSR count). The summed E-state index contributed by atoms with van der Waals surface area (Å²) in [7, 11) is 0. The molecule has 210 valence electrons. The Bertz CT molecular complexity index is 1820. The lowest BCUT2D eigenvalue weighted by Crippen LogP contribution is -2.34. The van der Waals surface area contributed by atoms with E-state index < -0.39 is 28.2 Å². The van der Waals surface area contributed by atoms with Gasteiger partial charge in [-0.1, -0.05) is 12.1 Å². The minimum absolute atomic E-state index is 0.0977. The summed E-state index contributed by atoms with van der Waals surface area (Å²) in [6, 6.07) is 14.8. The molecule has 4 aromatic rings. The molecule has 2 atom stereocenters. The number of hydrogen-bond donors (Lipinski definition) is 2. The number of hydrazone groups is 1. The smallest absolute Gasteiger partial charge is 0.275 e. The Kier molecular flexibility index (Phi) is 6.86. The van der Waals surface area contributed by atoms with Gasteiger partial charge < -0.3 is 5.11 Å². The van der Waals surface area contributed by atoms with Crippen molar-refractivity contribution in [1.29, 1.82) is 0 Å². The number of non-ortho nitro benzene ring substituents is 1. The first-order chi connectivity index (χ1) is 19.4. The molecular weight excluding hydrogens is 522 g/mol. The molecular formula is C31H31N5O5. The van der Waals surface area contributed by atoms with Gasteiger partial charge in [-0.25, -0.2) is 9.69 Å². The van der Waals surface area contributed by atoms with Crippen molar-refractivity contribution in [2.75, 3.05) is 5.01 Å². The van der Waals surface area contributed by atoms with Crippen LogP contribution in [0.25, 0.3) is 5.69 Å². The van der Waals surface area contributed by atoms with Gasteiger partial charge in [0.15, 0.2) is 0 Å². The summed E-state index contributed by atoms with van der Waals surface area (Å²) in [6.07, 6.45) is 0. The van der Waals surface area contributed by atoms with Gasteiger partial charge in [-0.3, -0.25) is 24.8 Å². The molecule has 2 N–H and O–H groups in total. The number of phenolic OH excluding ortho intramolecular Hbond substituents is 1. The molecule has 0 spiro atoms. The lowest BCUT2D eigenvalue weighted by molar-refractivity contribution is -0.385. The quantitative estimate of drug-likeness (QED) is 0.240. The van der Waals surface area contributed by atoms with Crippen LogP contribution in [-0.4, -0.2) is 31.4 Å². The first-order valence-electron chi connectivity index (χ1n) is 13.2. The minimum Gasteiger partial charge on any atom is -0.508 e. The Morgan fingerprint density at radius 2 is 1.49 bits per heavy atom. The number of aryl methyl sites for hydroxylation is 5. The standard InChI is InChI=1S/C31H31N5O5/c1-16-7-9-22(13-18(16)3)34-30(38)27(20(5)32-34)29(25-15-24(36(40)41)11-12-26(25)37)28-21(6)33-35(31(28)39)23-10-8-17(2)19(4)14-23/h7-15,27,29,33,37H,1-6H3/t27-,29-/m0/s1. The van der Waals surface area contributed by atoms with Gasteiger partial charge >= 0.3 is 0 Å². The number of aromatic nitrogens is 2. The second-order valence-corrected chi connectivity index (χ2v) is 10.7. The van der Waals surface area contributed by atoms with Crippen molar-refractivity contribution in [3.05, 3.63) is 114 Å². The molecule has 0 bridgehead atoms. The van der Waals surface area contributed by atoms with E-state index in [0.29, 0.717) is 22.8 Å². The van der Waals surface area contributed by atoms with Crippen LogP contribution in [0.2, 0.25) is 0 Å². The summed E-state index contributed by atoms with van der Waals surface area (Å²) in [5.74, 6) is -2.72. The Labute approximate surface area is 236 Å². The fraction of sp³-hybridized carbons (Fsp3) is 0.258. The van der Waals surface area contributed by atoms with Crippen LogP contribution < -0.4 is 10.6 Å². The second kappa shape index (κ2) is 10.2. The summed E-state index contributed by atoms with van der Waals surface area (Å²) in [5.41, 5.74) is 5.79. The summed E-state index contributed by atoms with van der Waals surface area (Å²) in [4.78, 5) is 39.3. The largest absolute Gasteiger partial charge is 0.508 e. The van der Waals surface area contributed by atoms with Crippen molar-refractivity contribution in [3.63, 3.8) is 0 Å². The number of anilines is 1. The Balaban J connectivity index is 1.72. The van der Waals surface area contributed by atoms with E-state index >= 15 is 0 Å². The molecule has 0 aliphatic carbocycles. The molecule has 1 aliphatic rings. The van der Waals surface area contributed by atoms with E-state index in [1.54, 1.807) is 19.9 Å². The molecule has 0 saturated heterocycles. The number of aromatic amines is 1. The highest BCUT2D eigenvalue weighted by Crippen LogP contribution is 2.43. The van der Waals surface area contributed by atoms with Crippen molar-refractivity contribution in [2.24, 2.45) is 11.0 Å². The zero-order chi connectivity index (χ0) is 29.7. The number of aromatic hydroxyl groups is 1. The molecule has 1 aromatic heterocycles. The van der Waals surface area contributed by atoms with E-state index in [0.717, 1.165) is 22.3 Å². The van der Waals surface area contributed by atoms with Crippen LogP contribution in [0.1, 0.15) is 51.9 Å². The third kappa shape index (κ3) is 4.71.